The fourth-order valence-electron chi connectivity index (χ4n) is 2.13. The van der Waals surface area contributed by atoms with Gasteiger partial charge in [-0.25, -0.2) is 0 Å². The van der Waals surface area contributed by atoms with Gasteiger partial charge in [-0.1, -0.05) is 31.4 Å². The highest BCUT2D eigenvalue weighted by molar-refractivity contribution is 5.02. The van der Waals surface area contributed by atoms with E-state index in [4.69, 9.17) is 0 Å². The average molecular weight is 196 g/mol. The maximum absolute atomic E-state index is 9.42. The first-order valence-electron chi connectivity index (χ1n) is 6.06. The van der Waals surface area contributed by atoms with Gasteiger partial charge in [0.05, 0.1) is 6.10 Å². The predicted molar refractivity (Wildman–Crippen MR) is 61.2 cm³/mol. The number of hydrogen-bond acceptors (Lipinski definition) is 1. The molecule has 0 aromatic heterocycles. The average Bonchev–Trinajstić information content (AvgIpc) is 2.21. The zero-order valence-corrected chi connectivity index (χ0v) is 9.63. The van der Waals surface area contributed by atoms with Crippen molar-refractivity contribution in [2.45, 2.75) is 64.9 Å². The molecule has 0 spiro atoms. The summed E-state index contributed by atoms with van der Waals surface area (Å²) in [6.07, 6.45) is 10.7. The lowest BCUT2D eigenvalue weighted by molar-refractivity contribution is 0.154. The summed E-state index contributed by atoms with van der Waals surface area (Å²) in [4.78, 5) is 0. The van der Waals surface area contributed by atoms with Gasteiger partial charge in [0.25, 0.3) is 0 Å². The van der Waals surface area contributed by atoms with Gasteiger partial charge in [0.1, 0.15) is 0 Å². The fraction of sp³-hybridized carbons (Fsp3) is 0.846. The minimum absolute atomic E-state index is 0.0594. The molecule has 0 fully saturated rings. The third-order valence-electron chi connectivity index (χ3n) is 3.37. The van der Waals surface area contributed by atoms with Gasteiger partial charge in [-0.15, -0.1) is 0 Å². The molecule has 0 aliphatic heterocycles. The molecule has 1 aliphatic rings. The summed E-state index contributed by atoms with van der Waals surface area (Å²) in [5, 5.41) is 9.42. The zero-order valence-electron chi connectivity index (χ0n) is 9.63. The van der Waals surface area contributed by atoms with E-state index in [1.54, 1.807) is 5.57 Å². The summed E-state index contributed by atoms with van der Waals surface area (Å²) < 4.78 is 0. The quantitative estimate of drug-likeness (QED) is 0.665. The van der Waals surface area contributed by atoms with Gasteiger partial charge < -0.3 is 5.11 Å². The first-order chi connectivity index (χ1) is 6.72. The molecule has 0 aromatic rings. The van der Waals surface area contributed by atoms with E-state index in [9.17, 15) is 5.11 Å². The molecule has 1 N–H and O–H groups in total. The third kappa shape index (κ3) is 4.28. The molecule has 0 aromatic carbocycles. The Kier molecular flexibility index (Phi) is 5.24. The largest absolute Gasteiger partial charge is 0.393 e. The minimum Gasteiger partial charge on any atom is -0.393 e. The standard InChI is InChI=1S/C13H24O/c1-3-13(14)6-4-5-12-9-7-11(2)8-10-12/h7,12-14H,3-6,8-10H2,1-2H3. The number of hydrogen-bond donors (Lipinski definition) is 1. The highest BCUT2D eigenvalue weighted by Crippen LogP contribution is 2.27. The summed E-state index contributed by atoms with van der Waals surface area (Å²) in [5.74, 6) is 0.891. The van der Waals surface area contributed by atoms with E-state index in [-0.39, 0.29) is 6.10 Å². The van der Waals surface area contributed by atoms with Crippen LogP contribution in [-0.2, 0) is 0 Å². The van der Waals surface area contributed by atoms with Crippen molar-refractivity contribution in [1.82, 2.24) is 0 Å². The van der Waals surface area contributed by atoms with Gasteiger partial charge >= 0.3 is 0 Å². The van der Waals surface area contributed by atoms with Crippen molar-refractivity contribution in [2.24, 2.45) is 5.92 Å². The maximum atomic E-state index is 9.42. The molecule has 2 atom stereocenters. The molecular weight excluding hydrogens is 172 g/mol. The van der Waals surface area contributed by atoms with Crippen molar-refractivity contribution in [2.75, 3.05) is 0 Å². The summed E-state index contributed by atoms with van der Waals surface area (Å²) in [5.41, 5.74) is 1.56. The van der Waals surface area contributed by atoms with Crippen molar-refractivity contribution in [3.8, 4) is 0 Å². The summed E-state index contributed by atoms with van der Waals surface area (Å²) in [7, 11) is 0. The second-order valence-corrected chi connectivity index (χ2v) is 4.68. The van der Waals surface area contributed by atoms with E-state index >= 15 is 0 Å². The summed E-state index contributed by atoms with van der Waals surface area (Å²) in [6, 6.07) is 0. The molecule has 2 unspecified atom stereocenters. The van der Waals surface area contributed by atoms with Crippen molar-refractivity contribution < 1.29 is 5.11 Å². The van der Waals surface area contributed by atoms with Gasteiger partial charge in [-0.2, -0.15) is 0 Å². The van der Waals surface area contributed by atoms with Gasteiger partial charge in [0.2, 0.25) is 0 Å². The Balaban J connectivity index is 2.08. The van der Waals surface area contributed by atoms with E-state index < -0.39 is 0 Å². The van der Waals surface area contributed by atoms with E-state index in [0.29, 0.717) is 0 Å². The van der Waals surface area contributed by atoms with Crippen LogP contribution in [0.3, 0.4) is 0 Å². The molecule has 1 heteroatoms. The Bertz CT molecular complexity index is 184. The van der Waals surface area contributed by atoms with E-state index in [2.05, 4.69) is 19.9 Å². The molecule has 0 amide bonds. The van der Waals surface area contributed by atoms with Crippen LogP contribution in [0.1, 0.15) is 58.8 Å². The second kappa shape index (κ2) is 6.23. The number of rotatable bonds is 5. The van der Waals surface area contributed by atoms with Gasteiger partial charge in [0.15, 0.2) is 0 Å². The normalized spacial score (nSPS) is 24.5. The van der Waals surface area contributed by atoms with Crippen LogP contribution in [0.5, 0.6) is 0 Å². The van der Waals surface area contributed by atoms with Crippen LogP contribution < -0.4 is 0 Å². The van der Waals surface area contributed by atoms with Gasteiger partial charge in [-0.3, -0.25) is 0 Å². The SMILES string of the molecule is CCC(O)CCCC1CC=C(C)CC1. The van der Waals surface area contributed by atoms with Gasteiger partial charge in [-0.05, 0) is 44.9 Å². The first-order valence-corrected chi connectivity index (χ1v) is 6.06. The lowest BCUT2D eigenvalue weighted by atomic mass is 9.86. The van der Waals surface area contributed by atoms with Crippen molar-refractivity contribution in [3.05, 3.63) is 11.6 Å². The molecule has 1 nitrogen and oxygen atoms in total. The minimum atomic E-state index is -0.0594. The maximum Gasteiger partial charge on any atom is 0.0537 e. The van der Waals surface area contributed by atoms with Crippen molar-refractivity contribution in [1.29, 1.82) is 0 Å². The molecule has 82 valence electrons. The molecular formula is C13H24O. The monoisotopic (exact) mass is 196 g/mol. The molecule has 1 rings (SSSR count). The number of aliphatic hydroxyl groups is 1. The molecule has 0 saturated carbocycles. The Morgan fingerprint density at radius 2 is 2.36 bits per heavy atom. The lowest BCUT2D eigenvalue weighted by Gasteiger charge is -2.20. The highest BCUT2D eigenvalue weighted by Gasteiger charge is 2.12. The van der Waals surface area contributed by atoms with E-state index in [1.165, 1.54) is 32.1 Å². The zero-order chi connectivity index (χ0) is 10.4. The Hall–Kier alpha value is -0.300. The van der Waals surface area contributed by atoms with Crippen LogP contribution >= 0.6 is 0 Å². The number of allylic oxidation sites excluding steroid dienone is 2. The van der Waals surface area contributed by atoms with Crippen LogP contribution in [-0.4, -0.2) is 11.2 Å². The lowest BCUT2D eigenvalue weighted by Crippen LogP contribution is -2.08. The molecule has 14 heavy (non-hydrogen) atoms. The van der Waals surface area contributed by atoms with Gasteiger partial charge in [0, 0.05) is 0 Å². The Labute approximate surface area is 88.2 Å². The van der Waals surface area contributed by atoms with E-state index in [1.807, 2.05) is 0 Å². The first kappa shape index (κ1) is 11.8. The van der Waals surface area contributed by atoms with Crippen LogP contribution in [0.15, 0.2) is 11.6 Å². The summed E-state index contributed by atoms with van der Waals surface area (Å²) in [6.45, 7) is 4.29. The summed E-state index contributed by atoms with van der Waals surface area (Å²) >= 11 is 0. The van der Waals surface area contributed by atoms with Crippen LogP contribution in [0, 0.1) is 5.92 Å². The number of aliphatic hydroxyl groups excluding tert-OH is 1. The molecule has 1 aliphatic carbocycles. The smallest absolute Gasteiger partial charge is 0.0537 e. The van der Waals surface area contributed by atoms with Crippen molar-refractivity contribution >= 4 is 0 Å². The fourth-order valence-corrected chi connectivity index (χ4v) is 2.13. The molecule has 0 radical (unpaired) electrons. The van der Waals surface area contributed by atoms with E-state index in [0.717, 1.165) is 18.8 Å². The van der Waals surface area contributed by atoms with Crippen LogP contribution in [0.4, 0.5) is 0 Å². The Morgan fingerprint density at radius 1 is 1.57 bits per heavy atom. The predicted octanol–water partition coefficient (Wildman–Crippen LogP) is 3.67. The van der Waals surface area contributed by atoms with Crippen LogP contribution in [0.25, 0.3) is 0 Å². The molecule has 0 heterocycles. The topological polar surface area (TPSA) is 20.2 Å². The van der Waals surface area contributed by atoms with Crippen LogP contribution in [0.2, 0.25) is 0 Å². The Morgan fingerprint density at radius 3 is 2.93 bits per heavy atom. The molecule has 0 saturated heterocycles. The van der Waals surface area contributed by atoms with Crippen molar-refractivity contribution in [3.63, 3.8) is 0 Å². The second-order valence-electron chi connectivity index (χ2n) is 4.68. The molecule has 0 bridgehead atoms. The third-order valence-corrected chi connectivity index (χ3v) is 3.37. The highest BCUT2D eigenvalue weighted by atomic mass is 16.3.